The molecular weight excluding hydrogens is 1020 g/mol. The first-order valence-electron chi connectivity index (χ1n) is 36.9. The molecule has 0 aromatic heterocycles. The van der Waals surface area contributed by atoms with Crippen LogP contribution in [0.25, 0.3) is 0 Å². The van der Waals surface area contributed by atoms with Crippen LogP contribution in [0.1, 0.15) is 406 Å². The molecule has 0 aromatic carbocycles. The van der Waals surface area contributed by atoms with Gasteiger partial charge in [-0.15, -0.1) is 0 Å². The van der Waals surface area contributed by atoms with E-state index < -0.39 is 20.0 Å². The standard InChI is InChI=1S/C72H147N2O6P/c1-6-8-10-12-14-16-18-20-22-24-26-28-30-32-34-36-37-38-39-41-43-45-47-49-51-53-55-57-59-61-63-65-71(75)70(69-80-81(77,78)79-68-67-74(3,4)5)73-72(76)66-64-62-60-58-56-54-52-50-48-46-44-42-40-35-33-31-29-27-25-23-21-19-17-15-13-11-9-7-2/h70-71,75H,6-69H2,1-5H3,(H-,73,76,77,78). The molecular formula is C72H147N2O6P. The van der Waals surface area contributed by atoms with Crippen molar-refractivity contribution in [3.8, 4) is 0 Å². The van der Waals surface area contributed by atoms with Gasteiger partial charge in [-0.05, 0) is 12.8 Å². The van der Waals surface area contributed by atoms with Gasteiger partial charge in [0.15, 0.2) is 0 Å². The van der Waals surface area contributed by atoms with E-state index in [1.54, 1.807) is 0 Å². The molecule has 3 atom stereocenters. The quantitative estimate of drug-likeness (QED) is 0.0357. The molecule has 0 fully saturated rings. The molecule has 0 saturated carbocycles. The van der Waals surface area contributed by atoms with E-state index in [-0.39, 0.29) is 19.1 Å². The number of hydrogen-bond acceptors (Lipinski definition) is 6. The first kappa shape index (κ1) is 80.5. The van der Waals surface area contributed by atoms with E-state index in [1.807, 2.05) is 21.1 Å². The third-order valence-corrected chi connectivity index (χ3v) is 18.6. The number of carbonyl (C=O) groups is 1. The highest BCUT2D eigenvalue weighted by Crippen LogP contribution is 2.38. The summed E-state index contributed by atoms with van der Waals surface area (Å²) in [7, 11) is 1.33. The SMILES string of the molecule is CCCCCCCCCCCCCCCCCCCCCCCCCCCCCCCCCC(O)C(COP(=O)([O-])OCC[N+](C)(C)C)NC(=O)CCCCCCCCCCCCCCCCCCCCCCCCCCCCCC. The highest BCUT2D eigenvalue weighted by Gasteiger charge is 2.24. The summed E-state index contributed by atoms with van der Waals surface area (Å²) in [5, 5.41) is 14.1. The third kappa shape index (κ3) is 66.9. The van der Waals surface area contributed by atoms with Gasteiger partial charge >= 0.3 is 0 Å². The van der Waals surface area contributed by atoms with Crippen LogP contribution in [0.2, 0.25) is 0 Å². The Bertz CT molecular complexity index is 1280. The zero-order chi connectivity index (χ0) is 59.1. The van der Waals surface area contributed by atoms with Gasteiger partial charge in [0.1, 0.15) is 13.2 Å². The van der Waals surface area contributed by atoms with Crippen LogP contribution >= 0.6 is 7.82 Å². The first-order chi connectivity index (χ1) is 39.5. The van der Waals surface area contributed by atoms with Gasteiger partial charge in [0.25, 0.3) is 7.82 Å². The second-order valence-corrected chi connectivity index (χ2v) is 28.4. The van der Waals surface area contributed by atoms with Gasteiger partial charge < -0.3 is 28.8 Å². The van der Waals surface area contributed by atoms with Crippen molar-refractivity contribution in [2.45, 2.75) is 418 Å². The minimum atomic E-state index is -4.58. The summed E-state index contributed by atoms with van der Waals surface area (Å²) in [6, 6.07) is -0.797. The molecule has 0 spiro atoms. The molecule has 0 radical (unpaired) electrons. The van der Waals surface area contributed by atoms with Crippen LogP contribution in [-0.2, 0) is 18.4 Å². The van der Waals surface area contributed by atoms with Gasteiger partial charge in [0, 0.05) is 6.42 Å². The minimum absolute atomic E-state index is 0.0171. The number of phosphoric ester groups is 1. The number of phosphoric acid groups is 1. The van der Waals surface area contributed by atoms with Crippen molar-refractivity contribution in [3.05, 3.63) is 0 Å². The average molecular weight is 1170 g/mol. The zero-order valence-corrected chi connectivity index (χ0v) is 56.7. The van der Waals surface area contributed by atoms with Gasteiger partial charge in [0.05, 0.1) is 39.9 Å². The summed E-state index contributed by atoms with van der Waals surface area (Å²) >= 11 is 0. The zero-order valence-electron chi connectivity index (χ0n) is 55.8. The molecule has 1 amide bonds. The second-order valence-electron chi connectivity index (χ2n) is 27.0. The van der Waals surface area contributed by atoms with Crippen molar-refractivity contribution < 1.29 is 32.9 Å². The summed E-state index contributed by atoms with van der Waals surface area (Å²) in [5.74, 6) is -0.153. The van der Waals surface area contributed by atoms with Gasteiger partial charge in [-0.25, -0.2) is 0 Å². The Hall–Kier alpha value is -0.500. The number of likely N-dealkylation sites (N-methyl/N-ethyl adjacent to an activating group) is 1. The Kier molecular flexibility index (Phi) is 63.6. The van der Waals surface area contributed by atoms with Crippen LogP contribution in [0.4, 0.5) is 0 Å². The molecule has 0 aliphatic rings. The molecule has 0 heterocycles. The number of amides is 1. The molecule has 2 N–H and O–H groups in total. The molecule has 8 nitrogen and oxygen atoms in total. The number of hydrogen-bond donors (Lipinski definition) is 2. The predicted octanol–water partition coefficient (Wildman–Crippen LogP) is 22.9. The van der Waals surface area contributed by atoms with Crippen LogP contribution in [0.3, 0.4) is 0 Å². The molecule has 0 aliphatic heterocycles. The topological polar surface area (TPSA) is 108 Å². The number of nitrogens with zero attached hydrogens (tertiary/aromatic N) is 1. The fraction of sp³-hybridized carbons (Fsp3) is 0.986. The van der Waals surface area contributed by atoms with Crippen molar-refractivity contribution in [2.75, 3.05) is 40.9 Å². The first-order valence-corrected chi connectivity index (χ1v) is 38.3. The average Bonchev–Trinajstić information content (AvgIpc) is 3.43. The predicted molar refractivity (Wildman–Crippen MR) is 353 cm³/mol. The molecule has 486 valence electrons. The molecule has 0 aliphatic carbocycles. The normalized spacial score (nSPS) is 13.5. The highest BCUT2D eigenvalue weighted by molar-refractivity contribution is 7.45. The Morgan fingerprint density at radius 1 is 0.383 bits per heavy atom. The minimum Gasteiger partial charge on any atom is -0.756 e. The maximum absolute atomic E-state index is 13.1. The van der Waals surface area contributed by atoms with Gasteiger partial charge in [-0.1, -0.05) is 386 Å². The lowest BCUT2D eigenvalue weighted by molar-refractivity contribution is -0.870. The monoisotopic (exact) mass is 1170 g/mol. The number of quaternary nitrogens is 1. The van der Waals surface area contributed by atoms with Crippen molar-refractivity contribution in [1.82, 2.24) is 5.32 Å². The maximum Gasteiger partial charge on any atom is 0.268 e. The van der Waals surface area contributed by atoms with Crippen LogP contribution in [0.15, 0.2) is 0 Å². The van der Waals surface area contributed by atoms with E-state index in [2.05, 4.69) is 19.2 Å². The maximum atomic E-state index is 13.1. The molecule has 9 heteroatoms. The molecule has 0 rings (SSSR count). The molecule has 0 saturated heterocycles. The third-order valence-electron chi connectivity index (χ3n) is 17.6. The summed E-state index contributed by atoms with van der Waals surface area (Å²) in [4.78, 5) is 25.7. The van der Waals surface area contributed by atoms with Crippen LogP contribution in [0.5, 0.6) is 0 Å². The highest BCUT2D eigenvalue weighted by atomic mass is 31.2. The Labute approximate surface area is 508 Å². The van der Waals surface area contributed by atoms with Crippen molar-refractivity contribution in [1.29, 1.82) is 0 Å². The number of nitrogens with one attached hydrogen (secondary N) is 1. The van der Waals surface area contributed by atoms with Crippen molar-refractivity contribution in [3.63, 3.8) is 0 Å². The number of rotatable bonds is 70. The van der Waals surface area contributed by atoms with E-state index in [4.69, 9.17) is 9.05 Å². The van der Waals surface area contributed by atoms with Crippen molar-refractivity contribution in [2.24, 2.45) is 0 Å². The second kappa shape index (κ2) is 64.0. The number of unbranched alkanes of at least 4 members (excludes halogenated alkanes) is 57. The Morgan fingerprint density at radius 3 is 0.840 bits per heavy atom. The van der Waals surface area contributed by atoms with E-state index in [1.165, 1.54) is 340 Å². The largest absolute Gasteiger partial charge is 0.756 e. The Morgan fingerprint density at radius 2 is 0.605 bits per heavy atom. The van der Waals surface area contributed by atoms with E-state index in [9.17, 15) is 19.4 Å². The van der Waals surface area contributed by atoms with Crippen molar-refractivity contribution >= 4 is 13.7 Å². The van der Waals surface area contributed by atoms with Crippen LogP contribution < -0.4 is 10.2 Å². The fourth-order valence-corrected chi connectivity index (χ4v) is 12.6. The smallest absolute Gasteiger partial charge is 0.268 e. The Balaban J connectivity index is 3.95. The summed E-state index contributed by atoms with van der Waals surface area (Å²) in [6.45, 7) is 4.81. The molecule has 81 heavy (non-hydrogen) atoms. The lowest BCUT2D eigenvalue weighted by Gasteiger charge is -2.30. The van der Waals surface area contributed by atoms with E-state index in [0.717, 1.165) is 38.5 Å². The summed E-state index contributed by atoms with van der Waals surface area (Å²) in [5.41, 5.74) is 0. The van der Waals surface area contributed by atoms with Crippen LogP contribution in [-0.4, -0.2) is 68.5 Å². The summed E-state index contributed by atoms with van der Waals surface area (Å²) in [6.07, 6.45) is 80.6. The molecule has 3 unspecified atom stereocenters. The fourth-order valence-electron chi connectivity index (χ4n) is 11.9. The van der Waals surface area contributed by atoms with E-state index >= 15 is 0 Å². The lowest BCUT2D eigenvalue weighted by Crippen LogP contribution is -2.46. The van der Waals surface area contributed by atoms with Gasteiger partial charge in [0.2, 0.25) is 5.91 Å². The summed E-state index contributed by atoms with van der Waals surface area (Å²) < 4.78 is 23.6. The van der Waals surface area contributed by atoms with Gasteiger partial charge in [-0.2, -0.15) is 0 Å². The van der Waals surface area contributed by atoms with Gasteiger partial charge in [-0.3, -0.25) is 9.36 Å². The number of carbonyl (C=O) groups excluding carboxylic acids is 1. The van der Waals surface area contributed by atoms with E-state index in [0.29, 0.717) is 23.9 Å². The lowest BCUT2D eigenvalue weighted by atomic mass is 10.0. The number of aliphatic hydroxyl groups is 1. The molecule has 0 aromatic rings. The van der Waals surface area contributed by atoms with Crippen LogP contribution in [0, 0.1) is 0 Å². The molecule has 0 bridgehead atoms. The number of aliphatic hydroxyl groups excluding tert-OH is 1.